The van der Waals surface area contributed by atoms with Crippen molar-refractivity contribution < 1.29 is 13.2 Å². The number of hydrogen-bond acceptors (Lipinski definition) is 4. The molecule has 2 aromatic carbocycles. The second-order valence-corrected chi connectivity index (χ2v) is 8.17. The number of anilines is 1. The van der Waals surface area contributed by atoms with Crippen LogP contribution in [0, 0.1) is 0 Å². The molecule has 3 rings (SSSR count). The monoisotopic (exact) mass is 382 g/mol. The highest BCUT2D eigenvalue weighted by atomic mass is 32.2. The molecule has 0 aliphatic rings. The van der Waals surface area contributed by atoms with Gasteiger partial charge >= 0.3 is 0 Å². The van der Waals surface area contributed by atoms with Crippen LogP contribution in [-0.4, -0.2) is 25.1 Å². The van der Waals surface area contributed by atoms with Gasteiger partial charge in [0.1, 0.15) is 0 Å². The van der Waals surface area contributed by atoms with Gasteiger partial charge in [0, 0.05) is 31.1 Å². The molecule has 0 spiro atoms. The quantitative estimate of drug-likeness (QED) is 0.752. The molecule has 0 aliphatic heterocycles. The zero-order valence-corrected chi connectivity index (χ0v) is 15.7. The van der Waals surface area contributed by atoms with Crippen molar-refractivity contribution >= 4 is 21.4 Å². The van der Waals surface area contributed by atoms with Crippen LogP contribution in [0.3, 0.4) is 0 Å². The van der Waals surface area contributed by atoms with Gasteiger partial charge in [-0.3, -0.25) is 14.2 Å². The SMILES string of the molecule is CC(=O)Nc1cccc(-n2cc(-c3cccc(S(C)(=O)=O)c3)ccc2=O)c1. The first-order chi connectivity index (χ1) is 12.7. The first-order valence-electron chi connectivity index (χ1n) is 8.15. The Bertz CT molecular complexity index is 1180. The number of nitrogens with one attached hydrogen (secondary N) is 1. The lowest BCUT2D eigenvalue weighted by Gasteiger charge is -2.11. The Morgan fingerprint density at radius 2 is 1.70 bits per heavy atom. The maximum absolute atomic E-state index is 12.3. The molecule has 0 saturated heterocycles. The largest absolute Gasteiger partial charge is 0.326 e. The van der Waals surface area contributed by atoms with E-state index in [1.54, 1.807) is 54.7 Å². The molecule has 0 aliphatic carbocycles. The van der Waals surface area contributed by atoms with Crippen LogP contribution in [0.15, 0.2) is 76.6 Å². The van der Waals surface area contributed by atoms with Gasteiger partial charge in [-0.15, -0.1) is 0 Å². The van der Waals surface area contributed by atoms with Gasteiger partial charge < -0.3 is 5.32 Å². The number of amides is 1. The molecule has 1 aromatic heterocycles. The molecule has 0 radical (unpaired) electrons. The fraction of sp³-hybridized carbons (Fsp3) is 0.100. The minimum atomic E-state index is -3.33. The highest BCUT2D eigenvalue weighted by Gasteiger charge is 2.10. The number of benzene rings is 2. The molecule has 0 atom stereocenters. The van der Waals surface area contributed by atoms with Crippen LogP contribution >= 0.6 is 0 Å². The molecule has 1 N–H and O–H groups in total. The van der Waals surface area contributed by atoms with Crippen LogP contribution in [0.4, 0.5) is 5.69 Å². The van der Waals surface area contributed by atoms with Gasteiger partial charge in [0.05, 0.1) is 10.6 Å². The smallest absolute Gasteiger partial charge is 0.255 e. The average Bonchev–Trinajstić information content (AvgIpc) is 2.61. The lowest BCUT2D eigenvalue weighted by molar-refractivity contribution is -0.114. The Labute approximate surface area is 157 Å². The maximum Gasteiger partial charge on any atom is 0.255 e. The van der Waals surface area contributed by atoms with Gasteiger partial charge in [-0.05, 0) is 47.5 Å². The van der Waals surface area contributed by atoms with E-state index in [4.69, 9.17) is 0 Å². The van der Waals surface area contributed by atoms with Crippen molar-refractivity contribution in [1.82, 2.24) is 4.57 Å². The number of carbonyl (C=O) groups excluding carboxylic acids is 1. The maximum atomic E-state index is 12.3. The summed E-state index contributed by atoms with van der Waals surface area (Å²) >= 11 is 0. The Kier molecular flexibility index (Phi) is 4.96. The Morgan fingerprint density at radius 1 is 0.963 bits per heavy atom. The average molecular weight is 382 g/mol. The second kappa shape index (κ2) is 7.20. The van der Waals surface area contributed by atoms with Gasteiger partial charge in [-0.25, -0.2) is 8.42 Å². The van der Waals surface area contributed by atoms with Crippen molar-refractivity contribution in [2.45, 2.75) is 11.8 Å². The van der Waals surface area contributed by atoms with Crippen LogP contribution in [0.25, 0.3) is 16.8 Å². The third-order valence-electron chi connectivity index (χ3n) is 3.95. The van der Waals surface area contributed by atoms with E-state index in [2.05, 4.69) is 5.32 Å². The summed E-state index contributed by atoms with van der Waals surface area (Å²) in [6, 6.07) is 16.6. The lowest BCUT2D eigenvalue weighted by atomic mass is 10.1. The number of carbonyl (C=O) groups is 1. The van der Waals surface area contributed by atoms with Crippen molar-refractivity contribution in [3.05, 3.63) is 77.2 Å². The summed E-state index contributed by atoms with van der Waals surface area (Å²) in [5, 5.41) is 2.68. The Balaban J connectivity index is 2.09. The molecule has 0 fully saturated rings. The number of hydrogen-bond donors (Lipinski definition) is 1. The van der Waals surface area contributed by atoms with Gasteiger partial charge in [-0.2, -0.15) is 0 Å². The van der Waals surface area contributed by atoms with Crippen molar-refractivity contribution in [2.75, 3.05) is 11.6 Å². The standard InChI is InChI=1S/C20H18N2O4S/c1-14(23)21-17-6-4-7-18(12-17)22-13-16(9-10-20(22)24)15-5-3-8-19(11-15)27(2,25)26/h3-13H,1-2H3,(H,21,23). The van der Waals surface area contributed by atoms with E-state index in [0.717, 1.165) is 6.26 Å². The molecule has 6 nitrogen and oxygen atoms in total. The summed E-state index contributed by atoms with van der Waals surface area (Å²) in [5.41, 5.74) is 2.32. The first kappa shape index (κ1) is 18.6. The van der Waals surface area contributed by atoms with Gasteiger partial charge in [0.2, 0.25) is 5.91 Å². The number of sulfone groups is 1. The molecule has 1 amide bonds. The van der Waals surface area contributed by atoms with E-state index in [-0.39, 0.29) is 16.4 Å². The van der Waals surface area contributed by atoms with E-state index in [0.29, 0.717) is 22.5 Å². The van der Waals surface area contributed by atoms with E-state index < -0.39 is 9.84 Å². The first-order valence-corrected chi connectivity index (χ1v) is 10.0. The van der Waals surface area contributed by atoms with Crippen molar-refractivity contribution in [1.29, 1.82) is 0 Å². The molecule has 27 heavy (non-hydrogen) atoms. The van der Waals surface area contributed by atoms with E-state index in [1.807, 2.05) is 0 Å². The van der Waals surface area contributed by atoms with Crippen LogP contribution < -0.4 is 10.9 Å². The molecule has 3 aromatic rings. The predicted molar refractivity (Wildman–Crippen MR) is 105 cm³/mol. The molecular formula is C20H18N2O4S. The highest BCUT2D eigenvalue weighted by molar-refractivity contribution is 7.90. The van der Waals surface area contributed by atoms with Gasteiger partial charge in [0.25, 0.3) is 5.56 Å². The fourth-order valence-electron chi connectivity index (χ4n) is 2.70. The minimum Gasteiger partial charge on any atom is -0.326 e. The van der Waals surface area contributed by atoms with Gasteiger partial charge in [0.15, 0.2) is 9.84 Å². The van der Waals surface area contributed by atoms with Crippen molar-refractivity contribution in [3.8, 4) is 16.8 Å². The summed E-state index contributed by atoms with van der Waals surface area (Å²) in [6.45, 7) is 1.41. The number of pyridine rings is 1. The molecule has 0 saturated carbocycles. The Morgan fingerprint density at radius 3 is 2.41 bits per heavy atom. The number of aromatic nitrogens is 1. The number of rotatable bonds is 4. The Hall–Kier alpha value is -3.19. The zero-order chi connectivity index (χ0) is 19.6. The number of nitrogens with zero attached hydrogens (tertiary/aromatic N) is 1. The third-order valence-corrected chi connectivity index (χ3v) is 5.06. The normalized spacial score (nSPS) is 11.2. The third kappa shape index (κ3) is 4.32. The lowest BCUT2D eigenvalue weighted by Crippen LogP contribution is -2.17. The van der Waals surface area contributed by atoms with E-state index in [1.165, 1.54) is 23.6 Å². The topological polar surface area (TPSA) is 85.2 Å². The summed E-state index contributed by atoms with van der Waals surface area (Å²) in [7, 11) is -3.33. The van der Waals surface area contributed by atoms with Gasteiger partial charge in [-0.1, -0.05) is 18.2 Å². The van der Waals surface area contributed by atoms with Crippen molar-refractivity contribution in [2.24, 2.45) is 0 Å². The highest BCUT2D eigenvalue weighted by Crippen LogP contribution is 2.23. The summed E-state index contributed by atoms with van der Waals surface area (Å²) in [6.07, 6.45) is 2.80. The van der Waals surface area contributed by atoms with Crippen LogP contribution in [-0.2, 0) is 14.6 Å². The van der Waals surface area contributed by atoms with Crippen LogP contribution in [0.2, 0.25) is 0 Å². The zero-order valence-electron chi connectivity index (χ0n) is 14.8. The molecule has 138 valence electrons. The molecule has 7 heteroatoms. The predicted octanol–water partition coefficient (Wildman–Crippen LogP) is 2.87. The van der Waals surface area contributed by atoms with E-state index >= 15 is 0 Å². The molecule has 0 bridgehead atoms. The second-order valence-electron chi connectivity index (χ2n) is 6.16. The molecule has 0 unspecified atom stereocenters. The summed E-state index contributed by atoms with van der Waals surface area (Å²) in [5.74, 6) is -0.203. The molecule has 1 heterocycles. The summed E-state index contributed by atoms with van der Waals surface area (Å²) < 4.78 is 25.0. The van der Waals surface area contributed by atoms with Crippen LogP contribution in [0.1, 0.15) is 6.92 Å². The van der Waals surface area contributed by atoms with Crippen molar-refractivity contribution in [3.63, 3.8) is 0 Å². The van der Waals surface area contributed by atoms with Crippen LogP contribution in [0.5, 0.6) is 0 Å². The van der Waals surface area contributed by atoms with E-state index in [9.17, 15) is 18.0 Å². The molecular weight excluding hydrogens is 364 g/mol. The fourth-order valence-corrected chi connectivity index (χ4v) is 3.37. The minimum absolute atomic E-state index is 0.203. The summed E-state index contributed by atoms with van der Waals surface area (Å²) in [4.78, 5) is 23.8.